The van der Waals surface area contributed by atoms with E-state index in [0.29, 0.717) is 26.4 Å². The van der Waals surface area contributed by atoms with Crippen LogP contribution < -0.4 is 16.4 Å². The number of aliphatic hydroxyl groups is 1. The van der Waals surface area contributed by atoms with Crippen LogP contribution in [-0.2, 0) is 33.3 Å². The second-order valence-electron chi connectivity index (χ2n) is 6.38. The molecule has 0 saturated heterocycles. The highest BCUT2D eigenvalue weighted by molar-refractivity contribution is 5.78. The lowest BCUT2D eigenvalue weighted by molar-refractivity contribution is -0.138. The summed E-state index contributed by atoms with van der Waals surface area (Å²) in [6.07, 6.45) is -0.395. The third-order valence-electron chi connectivity index (χ3n) is 3.47. The molecule has 0 rings (SSSR count). The first-order chi connectivity index (χ1) is 14.3. The van der Waals surface area contributed by atoms with E-state index in [1.165, 1.54) is 0 Å². The maximum atomic E-state index is 11.5. The summed E-state index contributed by atoms with van der Waals surface area (Å²) < 4.78 is 20.8. The van der Waals surface area contributed by atoms with Gasteiger partial charge in [-0.3, -0.25) is 14.4 Å². The molecule has 6 N–H and O–H groups in total. The number of nitrogens with one attached hydrogen (secondary N) is 2. The molecule has 2 amide bonds. The van der Waals surface area contributed by atoms with E-state index in [1.807, 2.05) is 0 Å². The molecule has 0 aliphatic rings. The van der Waals surface area contributed by atoms with E-state index < -0.39 is 18.1 Å². The minimum absolute atomic E-state index is 0.0352. The lowest BCUT2D eigenvalue weighted by Crippen LogP contribution is -2.33. The first kappa shape index (κ1) is 28.2. The van der Waals surface area contributed by atoms with E-state index in [9.17, 15) is 14.4 Å². The lowest BCUT2D eigenvalue weighted by Gasteiger charge is -2.09. The summed E-state index contributed by atoms with van der Waals surface area (Å²) in [6.45, 7) is 4.31. The third-order valence-corrected chi connectivity index (χ3v) is 3.47. The smallest absolute Gasteiger partial charge is 0.320 e. The number of carboxylic acids is 1. The Labute approximate surface area is 176 Å². The zero-order valence-electron chi connectivity index (χ0n) is 17.5. The molecule has 0 spiro atoms. The van der Waals surface area contributed by atoms with Gasteiger partial charge in [0.15, 0.2) is 0 Å². The summed E-state index contributed by atoms with van der Waals surface area (Å²) in [4.78, 5) is 33.5. The van der Waals surface area contributed by atoms with Gasteiger partial charge in [-0.15, -0.1) is 0 Å². The number of amides is 2. The van der Waals surface area contributed by atoms with Crippen molar-refractivity contribution in [3.8, 4) is 0 Å². The molecular weight excluding hydrogens is 402 g/mol. The second-order valence-corrected chi connectivity index (χ2v) is 6.38. The van der Waals surface area contributed by atoms with Crippen molar-refractivity contribution in [2.45, 2.75) is 31.9 Å². The Kier molecular flexibility index (Phi) is 18.0. The monoisotopic (exact) mass is 437 g/mol. The predicted octanol–water partition coefficient (Wildman–Crippen LogP) is -2.14. The average Bonchev–Trinajstić information content (AvgIpc) is 2.69. The number of aliphatic hydroxyl groups excluding tert-OH is 1. The van der Waals surface area contributed by atoms with Gasteiger partial charge >= 0.3 is 5.97 Å². The van der Waals surface area contributed by atoms with Crippen LogP contribution in [0.25, 0.3) is 0 Å². The van der Waals surface area contributed by atoms with Crippen LogP contribution in [0.1, 0.15) is 19.8 Å². The van der Waals surface area contributed by atoms with Crippen LogP contribution in [0, 0.1) is 0 Å². The van der Waals surface area contributed by atoms with E-state index in [0.717, 1.165) is 0 Å². The molecule has 12 nitrogen and oxygen atoms in total. The normalized spacial score (nSPS) is 12.9. The number of rotatable bonds is 20. The number of hydrogen-bond acceptors (Lipinski definition) is 9. The highest BCUT2D eigenvalue weighted by Crippen LogP contribution is 1.94. The lowest BCUT2D eigenvalue weighted by atomic mass is 10.1. The zero-order valence-corrected chi connectivity index (χ0v) is 17.5. The summed E-state index contributed by atoms with van der Waals surface area (Å²) in [7, 11) is 0. The summed E-state index contributed by atoms with van der Waals surface area (Å²) in [6, 6.07) is -1.05. The Morgan fingerprint density at radius 2 is 1.40 bits per heavy atom. The number of nitrogens with two attached hydrogens (primary N) is 1. The minimum atomic E-state index is -1.14. The highest BCUT2D eigenvalue weighted by Gasteiger charge is 2.13. The Hall–Kier alpha value is -1.83. The van der Waals surface area contributed by atoms with E-state index >= 15 is 0 Å². The van der Waals surface area contributed by atoms with Crippen LogP contribution >= 0.6 is 0 Å². The van der Waals surface area contributed by atoms with E-state index in [-0.39, 0.29) is 64.2 Å². The van der Waals surface area contributed by atoms with Crippen molar-refractivity contribution >= 4 is 17.8 Å². The van der Waals surface area contributed by atoms with Crippen molar-refractivity contribution in [1.29, 1.82) is 0 Å². The van der Waals surface area contributed by atoms with Crippen LogP contribution in [0.4, 0.5) is 0 Å². The Balaban J connectivity index is 3.35. The van der Waals surface area contributed by atoms with Crippen LogP contribution in [-0.4, -0.2) is 106 Å². The fourth-order valence-corrected chi connectivity index (χ4v) is 1.93. The van der Waals surface area contributed by atoms with Gasteiger partial charge in [0.1, 0.15) is 12.6 Å². The molecule has 0 aliphatic carbocycles. The van der Waals surface area contributed by atoms with Crippen LogP contribution in [0.15, 0.2) is 0 Å². The first-order valence-electron chi connectivity index (χ1n) is 9.83. The third kappa shape index (κ3) is 19.5. The van der Waals surface area contributed by atoms with E-state index in [2.05, 4.69) is 10.6 Å². The molecule has 0 aromatic rings. The number of ether oxygens (including phenoxy) is 4. The predicted molar refractivity (Wildman–Crippen MR) is 106 cm³/mol. The SMILES string of the molecule is CC(O)COCCOCCNC(=O)COCCOCCNC(=O)CCC(N)C(=O)O. The molecule has 0 aromatic heterocycles. The van der Waals surface area contributed by atoms with Gasteiger partial charge in [0.25, 0.3) is 0 Å². The van der Waals surface area contributed by atoms with Gasteiger partial charge in [0, 0.05) is 19.5 Å². The van der Waals surface area contributed by atoms with Crippen molar-refractivity contribution in [3.63, 3.8) is 0 Å². The number of aliphatic carboxylic acids is 1. The van der Waals surface area contributed by atoms with Crippen LogP contribution in [0.3, 0.4) is 0 Å². The van der Waals surface area contributed by atoms with Crippen LogP contribution in [0.2, 0.25) is 0 Å². The van der Waals surface area contributed by atoms with Crippen molar-refractivity contribution in [3.05, 3.63) is 0 Å². The maximum Gasteiger partial charge on any atom is 0.320 e. The largest absolute Gasteiger partial charge is 0.480 e. The summed E-state index contributed by atoms with van der Waals surface area (Å²) in [5, 5.41) is 22.8. The topological polar surface area (TPSA) is 179 Å². The van der Waals surface area contributed by atoms with Gasteiger partial charge < -0.3 is 45.5 Å². The molecule has 12 heteroatoms. The summed E-state index contributed by atoms with van der Waals surface area (Å²) >= 11 is 0. The van der Waals surface area contributed by atoms with E-state index in [1.54, 1.807) is 6.92 Å². The molecule has 176 valence electrons. The number of carboxylic acid groups (broad SMARTS) is 1. The van der Waals surface area contributed by atoms with Gasteiger partial charge in [-0.25, -0.2) is 0 Å². The number of carbonyl (C=O) groups is 3. The Morgan fingerprint density at radius 1 is 0.867 bits per heavy atom. The molecule has 0 bridgehead atoms. The van der Waals surface area contributed by atoms with Crippen molar-refractivity contribution in [2.75, 3.05) is 65.9 Å². The zero-order chi connectivity index (χ0) is 22.6. The fourth-order valence-electron chi connectivity index (χ4n) is 1.93. The summed E-state index contributed by atoms with van der Waals surface area (Å²) in [5.74, 6) is -1.70. The molecule has 0 saturated carbocycles. The van der Waals surface area contributed by atoms with Gasteiger partial charge in [-0.1, -0.05) is 0 Å². The van der Waals surface area contributed by atoms with Crippen LogP contribution in [0.5, 0.6) is 0 Å². The molecule has 30 heavy (non-hydrogen) atoms. The van der Waals surface area contributed by atoms with Crippen molar-refractivity contribution in [1.82, 2.24) is 10.6 Å². The highest BCUT2D eigenvalue weighted by atomic mass is 16.5. The first-order valence-corrected chi connectivity index (χ1v) is 9.83. The molecule has 2 atom stereocenters. The van der Waals surface area contributed by atoms with Crippen molar-refractivity contribution in [2.24, 2.45) is 5.73 Å². The summed E-state index contributed by atoms with van der Waals surface area (Å²) in [5.41, 5.74) is 5.31. The average molecular weight is 437 g/mol. The molecule has 0 radical (unpaired) electrons. The van der Waals surface area contributed by atoms with Crippen molar-refractivity contribution < 1.29 is 43.5 Å². The maximum absolute atomic E-state index is 11.5. The molecule has 0 aliphatic heterocycles. The molecule has 2 unspecified atom stereocenters. The minimum Gasteiger partial charge on any atom is -0.480 e. The molecule has 0 aromatic carbocycles. The number of hydrogen-bond donors (Lipinski definition) is 5. The second kappa shape index (κ2) is 19.2. The van der Waals surface area contributed by atoms with E-state index in [4.69, 9.17) is 34.9 Å². The number of carbonyl (C=O) groups excluding carboxylic acids is 2. The fraction of sp³-hybridized carbons (Fsp3) is 0.833. The Morgan fingerprint density at radius 3 is 1.97 bits per heavy atom. The van der Waals surface area contributed by atoms with Gasteiger partial charge in [0.2, 0.25) is 11.8 Å². The molecule has 0 fully saturated rings. The Bertz CT molecular complexity index is 478. The van der Waals surface area contributed by atoms with Gasteiger partial charge in [0.05, 0.1) is 52.4 Å². The van der Waals surface area contributed by atoms with Gasteiger partial charge in [-0.05, 0) is 13.3 Å². The standard InChI is InChI=1S/C18H35N3O9/c1-14(22)12-29-10-8-28-7-5-21-17(24)13-30-11-9-27-6-4-20-16(23)3-2-15(19)18(25)26/h14-15,22H,2-13,19H2,1H3,(H,20,23)(H,21,24)(H,25,26). The molecule has 0 heterocycles. The molecular formula is C18H35N3O9. The quantitative estimate of drug-likeness (QED) is 0.132. The van der Waals surface area contributed by atoms with Gasteiger partial charge in [-0.2, -0.15) is 0 Å².